The minimum absolute atomic E-state index is 0.0569. The summed E-state index contributed by atoms with van der Waals surface area (Å²) in [6, 6.07) is -0.0569. The number of amides is 2. The number of aliphatic hydroxyl groups is 1. The number of urea groups is 1. The van der Waals surface area contributed by atoms with Gasteiger partial charge in [-0.05, 0) is 39.5 Å². The summed E-state index contributed by atoms with van der Waals surface area (Å²) >= 11 is 0. The van der Waals surface area contributed by atoms with Crippen molar-refractivity contribution in [3.63, 3.8) is 0 Å². The molecular weight excluding hydrogens is 232 g/mol. The number of aliphatic hydroxyl groups excluding tert-OH is 1. The van der Waals surface area contributed by atoms with E-state index in [1.165, 1.54) is 0 Å². The third-order valence-corrected chi connectivity index (χ3v) is 2.98. The zero-order valence-electron chi connectivity index (χ0n) is 11.5. The first-order chi connectivity index (χ1) is 8.59. The van der Waals surface area contributed by atoms with E-state index < -0.39 is 0 Å². The number of ether oxygens (including phenoxy) is 1. The fourth-order valence-electron chi connectivity index (χ4n) is 1.99. The van der Waals surface area contributed by atoms with Gasteiger partial charge in [-0.25, -0.2) is 4.79 Å². The van der Waals surface area contributed by atoms with Gasteiger partial charge in [0.2, 0.25) is 0 Å². The van der Waals surface area contributed by atoms with Crippen LogP contribution in [-0.2, 0) is 4.74 Å². The van der Waals surface area contributed by atoms with Gasteiger partial charge in [-0.2, -0.15) is 0 Å². The molecule has 1 fully saturated rings. The van der Waals surface area contributed by atoms with Crippen LogP contribution < -0.4 is 5.32 Å². The summed E-state index contributed by atoms with van der Waals surface area (Å²) in [5.74, 6) is 0. The zero-order chi connectivity index (χ0) is 13.4. The number of nitrogens with one attached hydrogen (secondary N) is 1. The molecule has 1 aliphatic rings. The molecule has 18 heavy (non-hydrogen) atoms. The Kier molecular flexibility index (Phi) is 7.05. The Bertz CT molecular complexity index is 246. The van der Waals surface area contributed by atoms with Crippen LogP contribution in [0.25, 0.3) is 0 Å². The van der Waals surface area contributed by atoms with Gasteiger partial charge in [-0.15, -0.1) is 0 Å². The standard InChI is InChI=1S/C13H26N2O3/c1-11(2)18-9-4-3-7-14-13(17)15-8-5-6-12(16)10-15/h11-12,16H,3-10H2,1-2H3,(H,14,17)/t12-/m1/s1. The van der Waals surface area contributed by atoms with E-state index in [4.69, 9.17) is 4.74 Å². The Labute approximate surface area is 109 Å². The molecule has 1 heterocycles. The lowest BCUT2D eigenvalue weighted by Gasteiger charge is -2.30. The highest BCUT2D eigenvalue weighted by atomic mass is 16.5. The molecule has 1 saturated heterocycles. The van der Waals surface area contributed by atoms with Crippen LogP contribution in [0.2, 0.25) is 0 Å². The number of nitrogens with zero attached hydrogens (tertiary/aromatic N) is 1. The summed E-state index contributed by atoms with van der Waals surface area (Å²) in [7, 11) is 0. The molecule has 0 aromatic heterocycles. The maximum atomic E-state index is 11.8. The SMILES string of the molecule is CC(C)OCCCCNC(=O)N1CCC[C@@H](O)C1. The molecule has 0 spiro atoms. The normalized spacial score (nSPS) is 20.2. The van der Waals surface area contributed by atoms with Gasteiger partial charge in [0.25, 0.3) is 0 Å². The smallest absolute Gasteiger partial charge is 0.317 e. The molecule has 0 unspecified atom stereocenters. The Morgan fingerprint density at radius 3 is 2.94 bits per heavy atom. The lowest BCUT2D eigenvalue weighted by Crippen LogP contribution is -2.47. The molecule has 0 aromatic carbocycles. The fourth-order valence-corrected chi connectivity index (χ4v) is 1.99. The highest BCUT2D eigenvalue weighted by Crippen LogP contribution is 2.09. The van der Waals surface area contributed by atoms with Crippen molar-refractivity contribution >= 4 is 6.03 Å². The van der Waals surface area contributed by atoms with E-state index >= 15 is 0 Å². The first kappa shape index (κ1) is 15.2. The molecule has 0 aromatic rings. The van der Waals surface area contributed by atoms with Crippen molar-refractivity contribution in [2.75, 3.05) is 26.2 Å². The van der Waals surface area contributed by atoms with E-state index in [-0.39, 0.29) is 18.2 Å². The molecule has 2 N–H and O–H groups in total. The number of rotatable bonds is 6. The third-order valence-electron chi connectivity index (χ3n) is 2.98. The van der Waals surface area contributed by atoms with E-state index in [2.05, 4.69) is 5.32 Å². The second-order valence-electron chi connectivity index (χ2n) is 5.10. The predicted octanol–water partition coefficient (Wildman–Crippen LogP) is 1.36. The van der Waals surface area contributed by atoms with E-state index in [0.717, 1.165) is 38.8 Å². The van der Waals surface area contributed by atoms with Gasteiger partial charge in [0, 0.05) is 26.2 Å². The van der Waals surface area contributed by atoms with Crippen molar-refractivity contribution in [1.82, 2.24) is 10.2 Å². The van der Waals surface area contributed by atoms with Crippen molar-refractivity contribution < 1.29 is 14.6 Å². The quantitative estimate of drug-likeness (QED) is 0.707. The molecule has 5 nitrogen and oxygen atoms in total. The van der Waals surface area contributed by atoms with Gasteiger partial charge in [-0.3, -0.25) is 0 Å². The number of carbonyl (C=O) groups is 1. The molecule has 0 radical (unpaired) electrons. The van der Waals surface area contributed by atoms with Crippen molar-refractivity contribution in [3.8, 4) is 0 Å². The molecule has 0 saturated carbocycles. The van der Waals surface area contributed by atoms with Crippen LogP contribution in [0.3, 0.4) is 0 Å². The average Bonchev–Trinajstić information content (AvgIpc) is 2.33. The maximum absolute atomic E-state index is 11.8. The lowest BCUT2D eigenvalue weighted by molar-refractivity contribution is 0.0753. The minimum Gasteiger partial charge on any atom is -0.391 e. The van der Waals surface area contributed by atoms with Gasteiger partial charge < -0.3 is 20.1 Å². The molecule has 5 heteroatoms. The molecule has 1 aliphatic heterocycles. The Hall–Kier alpha value is -0.810. The van der Waals surface area contributed by atoms with Crippen LogP contribution in [0.15, 0.2) is 0 Å². The summed E-state index contributed by atoms with van der Waals surface area (Å²) in [4.78, 5) is 13.5. The monoisotopic (exact) mass is 258 g/mol. The van der Waals surface area contributed by atoms with Crippen LogP contribution in [-0.4, -0.2) is 54.5 Å². The van der Waals surface area contributed by atoms with Crippen LogP contribution in [0.5, 0.6) is 0 Å². The first-order valence-electron chi connectivity index (χ1n) is 6.92. The van der Waals surface area contributed by atoms with Gasteiger partial charge in [0.05, 0.1) is 12.2 Å². The van der Waals surface area contributed by atoms with Crippen LogP contribution >= 0.6 is 0 Å². The van der Waals surface area contributed by atoms with E-state index in [1.54, 1.807) is 4.90 Å². The van der Waals surface area contributed by atoms with Crippen molar-refractivity contribution in [2.24, 2.45) is 0 Å². The second kappa shape index (κ2) is 8.32. The third kappa shape index (κ3) is 6.21. The van der Waals surface area contributed by atoms with Crippen molar-refractivity contribution in [2.45, 2.75) is 51.7 Å². The van der Waals surface area contributed by atoms with Crippen LogP contribution in [0.4, 0.5) is 4.79 Å². The number of piperidine rings is 1. The topological polar surface area (TPSA) is 61.8 Å². The molecule has 0 bridgehead atoms. The highest BCUT2D eigenvalue weighted by Gasteiger charge is 2.21. The first-order valence-corrected chi connectivity index (χ1v) is 6.92. The van der Waals surface area contributed by atoms with Gasteiger partial charge >= 0.3 is 6.03 Å². The Morgan fingerprint density at radius 1 is 1.50 bits per heavy atom. The number of unbranched alkanes of at least 4 members (excludes halogenated alkanes) is 1. The number of hydrogen-bond donors (Lipinski definition) is 2. The van der Waals surface area contributed by atoms with Gasteiger partial charge in [0.15, 0.2) is 0 Å². The molecule has 1 rings (SSSR count). The zero-order valence-corrected chi connectivity index (χ0v) is 11.5. The number of hydrogen-bond acceptors (Lipinski definition) is 3. The van der Waals surface area contributed by atoms with E-state index in [0.29, 0.717) is 13.1 Å². The van der Waals surface area contributed by atoms with Crippen molar-refractivity contribution in [3.05, 3.63) is 0 Å². The molecule has 0 aliphatic carbocycles. The van der Waals surface area contributed by atoms with Crippen molar-refractivity contribution in [1.29, 1.82) is 0 Å². The maximum Gasteiger partial charge on any atom is 0.317 e. The average molecular weight is 258 g/mol. The molecule has 1 atom stereocenters. The minimum atomic E-state index is -0.357. The van der Waals surface area contributed by atoms with E-state index in [9.17, 15) is 9.90 Å². The second-order valence-corrected chi connectivity index (χ2v) is 5.10. The van der Waals surface area contributed by atoms with E-state index in [1.807, 2.05) is 13.8 Å². The summed E-state index contributed by atoms with van der Waals surface area (Å²) in [6.07, 6.45) is 3.49. The number of likely N-dealkylation sites (tertiary alicyclic amines) is 1. The summed E-state index contributed by atoms with van der Waals surface area (Å²) in [5, 5.41) is 12.4. The number of carbonyl (C=O) groups excluding carboxylic acids is 1. The van der Waals surface area contributed by atoms with Gasteiger partial charge in [-0.1, -0.05) is 0 Å². The van der Waals surface area contributed by atoms with Gasteiger partial charge in [0.1, 0.15) is 0 Å². The predicted molar refractivity (Wildman–Crippen MR) is 70.5 cm³/mol. The highest BCUT2D eigenvalue weighted by molar-refractivity contribution is 5.74. The molecule has 2 amide bonds. The number of β-amino-alcohol motifs (C(OH)–C–C–N with tert-alkyl or cyclic N) is 1. The summed E-state index contributed by atoms with van der Waals surface area (Å²) < 4.78 is 5.42. The van der Waals surface area contributed by atoms with Crippen LogP contribution in [0, 0.1) is 0 Å². The Balaban J connectivity index is 2.02. The van der Waals surface area contributed by atoms with Crippen LogP contribution in [0.1, 0.15) is 39.5 Å². The summed E-state index contributed by atoms with van der Waals surface area (Å²) in [5.41, 5.74) is 0. The molecule has 106 valence electrons. The molecular formula is C13H26N2O3. The Morgan fingerprint density at radius 2 is 2.28 bits per heavy atom. The summed E-state index contributed by atoms with van der Waals surface area (Å²) in [6.45, 7) is 6.66. The fraction of sp³-hybridized carbons (Fsp3) is 0.923. The lowest BCUT2D eigenvalue weighted by atomic mass is 10.1. The largest absolute Gasteiger partial charge is 0.391 e.